The molecule has 13 heavy (non-hydrogen) atoms. The molecule has 1 aliphatic carbocycles. The lowest BCUT2D eigenvalue weighted by atomic mass is 10.0. The van der Waals surface area contributed by atoms with Gasteiger partial charge < -0.3 is 15.2 Å². The first kappa shape index (κ1) is 11.0. The summed E-state index contributed by atoms with van der Waals surface area (Å²) in [5.74, 6) is 0. The van der Waals surface area contributed by atoms with Gasteiger partial charge in [0.2, 0.25) is 0 Å². The molecule has 0 atom stereocenters. The van der Waals surface area contributed by atoms with Crippen LogP contribution in [0.2, 0.25) is 0 Å². The van der Waals surface area contributed by atoms with E-state index in [4.69, 9.17) is 15.2 Å². The molecule has 3 heteroatoms. The Hall–Kier alpha value is -0.120. The summed E-state index contributed by atoms with van der Waals surface area (Å²) in [6, 6.07) is 0. The minimum absolute atomic E-state index is 0.0208. The van der Waals surface area contributed by atoms with Crippen LogP contribution < -0.4 is 5.73 Å². The second-order valence-corrected chi connectivity index (χ2v) is 3.97. The van der Waals surface area contributed by atoms with E-state index >= 15 is 0 Å². The molecule has 78 valence electrons. The van der Waals surface area contributed by atoms with Crippen molar-refractivity contribution in [2.75, 3.05) is 26.9 Å². The molecule has 0 radical (unpaired) electrons. The molecule has 1 aliphatic rings. The van der Waals surface area contributed by atoms with Crippen molar-refractivity contribution in [1.82, 2.24) is 0 Å². The Labute approximate surface area is 80.6 Å². The zero-order chi connectivity index (χ0) is 9.57. The van der Waals surface area contributed by atoms with Crippen molar-refractivity contribution >= 4 is 0 Å². The monoisotopic (exact) mass is 187 g/mol. The molecule has 0 aromatic heterocycles. The average Bonchev–Trinajstić information content (AvgIpc) is 2.53. The summed E-state index contributed by atoms with van der Waals surface area (Å²) in [6.45, 7) is 2.26. The molecule has 0 amide bonds. The van der Waals surface area contributed by atoms with E-state index in [2.05, 4.69) is 0 Å². The molecule has 1 fully saturated rings. The van der Waals surface area contributed by atoms with Crippen molar-refractivity contribution in [2.45, 2.75) is 37.6 Å². The van der Waals surface area contributed by atoms with Crippen LogP contribution >= 0.6 is 0 Å². The third-order valence-electron chi connectivity index (χ3n) is 2.63. The summed E-state index contributed by atoms with van der Waals surface area (Å²) in [7, 11) is 1.71. The van der Waals surface area contributed by atoms with Gasteiger partial charge in [-0.25, -0.2) is 0 Å². The Balaban J connectivity index is 1.98. The van der Waals surface area contributed by atoms with Gasteiger partial charge in [0.1, 0.15) is 0 Å². The van der Waals surface area contributed by atoms with Gasteiger partial charge in [-0.3, -0.25) is 0 Å². The fourth-order valence-corrected chi connectivity index (χ4v) is 1.80. The molecule has 1 saturated carbocycles. The van der Waals surface area contributed by atoms with Crippen molar-refractivity contribution in [3.8, 4) is 0 Å². The first-order valence-corrected chi connectivity index (χ1v) is 5.12. The van der Waals surface area contributed by atoms with Gasteiger partial charge in [0, 0.05) is 25.9 Å². The second-order valence-electron chi connectivity index (χ2n) is 3.97. The minimum Gasteiger partial charge on any atom is -0.385 e. The quantitative estimate of drug-likeness (QED) is 0.638. The van der Waals surface area contributed by atoms with Gasteiger partial charge in [0.25, 0.3) is 0 Å². The fourth-order valence-electron chi connectivity index (χ4n) is 1.80. The number of nitrogens with two attached hydrogens (primary N) is 1. The highest BCUT2D eigenvalue weighted by molar-refractivity contribution is 4.88. The zero-order valence-corrected chi connectivity index (χ0v) is 8.55. The first-order chi connectivity index (χ1) is 6.27. The predicted molar refractivity (Wildman–Crippen MR) is 52.7 cm³/mol. The van der Waals surface area contributed by atoms with Crippen LogP contribution in [-0.4, -0.2) is 32.5 Å². The lowest BCUT2D eigenvalue weighted by molar-refractivity contribution is 0.0691. The number of hydrogen-bond acceptors (Lipinski definition) is 3. The summed E-state index contributed by atoms with van der Waals surface area (Å²) in [5.41, 5.74) is 6.10. The van der Waals surface area contributed by atoms with Gasteiger partial charge in [-0.15, -0.1) is 0 Å². The third-order valence-corrected chi connectivity index (χ3v) is 2.63. The van der Waals surface area contributed by atoms with Gasteiger partial charge in [-0.1, -0.05) is 12.8 Å². The minimum atomic E-state index is -0.0208. The highest BCUT2D eigenvalue weighted by Crippen LogP contribution is 2.27. The summed E-state index contributed by atoms with van der Waals surface area (Å²) in [6.07, 6.45) is 5.73. The summed E-state index contributed by atoms with van der Waals surface area (Å²) in [5, 5.41) is 0. The Morgan fingerprint density at radius 2 is 1.92 bits per heavy atom. The van der Waals surface area contributed by atoms with Crippen LogP contribution in [0.4, 0.5) is 0 Å². The van der Waals surface area contributed by atoms with E-state index in [1.54, 1.807) is 7.11 Å². The van der Waals surface area contributed by atoms with Crippen LogP contribution in [0.5, 0.6) is 0 Å². The Bertz CT molecular complexity index is 133. The Morgan fingerprint density at radius 3 is 2.54 bits per heavy atom. The van der Waals surface area contributed by atoms with Crippen LogP contribution in [0.25, 0.3) is 0 Å². The van der Waals surface area contributed by atoms with Crippen LogP contribution in [0.3, 0.4) is 0 Å². The summed E-state index contributed by atoms with van der Waals surface area (Å²) >= 11 is 0. The zero-order valence-electron chi connectivity index (χ0n) is 8.55. The fraction of sp³-hybridized carbons (Fsp3) is 1.00. The summed E-state index contributed by atoms with van der Waals surface area (Å²) in [4.78, 5) is 0. The van der Waals surface area contributed by atoms with Crippen LogP contribution in [0, 0.1) is 0 Å². The van der Waals surface area contributed by atoms with Crippen LogP contribution in [0.15, 0.2) is 0 Å². The molecule has 1 rings (SSSR count). The molecular weight excluding hydrogens is 166 g/mol. The van der Waals surface area contributed by atoms with Gasteiger partial charge in [0.15, 0.2) is 0 Å². The van der Waals surface area contributed by atoms with Crippen LogP contribution in [-0.2, 0) is 9.47 Å². The number of rotatable bonds is 6. The van der Waals surface area contributed by atoms with Crippen LogP contribution in [0.1, 0.15) is 32.1 Å². The molecular formula is C10H21NO2. The molecule has 0 spiro atoms. The van der Waals surface area contributed by atoms with E-state index in [1.807, 2.05) is 0 Å². The molecule has 0 heterocycles. The molecule has 0 aromatic carbocycles. The van der Waals surface area contributed by atoms with E-state index in [-0.39, 0.29) is 5.54 Å². The topological polar surface area (TPSA) is 44.5 Å². The molecule has 0 unspecified atom stereocenters. The maximum atomic E-state index is 6.12. The molecule has 3 nitrogen and oxygen atoms in total. The highest BCUT2D eigenvalue weighted by Gasteiger charge is 2.29. The first-order valence-electron chi connectivity index (χ1n) is 5.12. The smallest absolute Gasteiger partial charge is 0.0646 e. The molecule has 2 N–H and O–H groups in total. The van der Waals surface area contributed by atoms with E-state index in [1.165, 1.54) is 12.8 Å². The Morgan fingerprint density at radius 1 is 1.23 bits per heavy atom. The van der Waals surface area contributed by atoms with Gasteiger partial charge in [-0.05, 0) is 19.3 Å². The van der Waals surface area contributed by atoms with Gasteiger partial charge in [0.05, 0.1) is 6.61 Å². The van der Waals surface area contributed by atoms with Crippen molar-refractivity contribution in [1.29, 1.82) is 0 Å². The molecule has 0 aromatic rings. The number of hydrogen-bond donors (Lipinski definition) is 1. The SMILES string of the molecule is COCCCOCC1(N)CCCC1. The largest absolute Gasteiger partial charge is 0.385 e. The molecule has 0 aliphatic heterocycles. The second kappa shape index (κ2) is 5.58. The number of ether oxygens (including phenoxy) is 2. The van der Waals surface area contributed by atoms with Gasteiger partial charge >= 0.3 is 0 Å². The predicted octanol–water partition coefficient (Wildman–Crippen LogP) is 1.31. The summed E-state index contributed by atoms with van der Waals surface area (Å²) < 4.78 is 10.4. The van der Waals surface area contributed by atoms with E-state index in [0.29, 0.717) is 0 Å². The van der Waals surface area contributed by atoms with Crippen molar-refractivity contribution in [3.05, 3.63) is 0 Å². The number of methoxy groups -OCH3 is 1. The average molecular weight is 187 g/mol. The van der Waals surface area contributed by atoms with Crippen molar-refractivity contribution < 1.29 is 9.47 Å². The standard InChI is InChI=1S/C10H21NO2/c1-12-7-4-8-13-9-10(11)5-2-3-6-10/h2-9,11H2,1H3. The van der Waals surface area contributed by atoms with E-state index in [0.717, 1.165) is 39.1 Å². The lowest BCUT2D eigenvalue weighted by Gasteiger charge is -2.22. The normalized spacial score (nSPS) is 20.8. The maximum absolute atomic E-state index is 6.12. The van der Waals surface area contributed by atoms with E-state index < -0.39 is 0 Å². The van der Waals surface area contributed by atoms with Gasteiger partial charge in [-0.2, -0.15) is 0 Å². The van der Waals surface area contributed by atoms with Crippen molar-refractivity contribution in [2.24, 2.45) is 5.73 Å². The molecule has 0 bridgehead atoms. The third kappa shape index (κ3) is 4.07. The van der Waals surface area contributed by atoms with Crippen molar-refractivity contribution in [3.63, 3.8) is 0 Å². The Kier molecular flexibility index (Phi) is 4.70. The highest BCUT2D eigenvalue weighted by atomic mass is 16.5. The van der Waals surface area contributed by atoms with E-state index in [9.17, 15) is 0 Å². The molecule has 0 saturated heterocycles. The maximum Gasteiger partial charge on any atom is 0.0646 e. The lowest BCUT2D eigenvalue weighted by Crippen LogP contribution is -2.41.